The maximum absolute atomic E-state index is 12.1. The van der Waals surface area contributed by atoms with E-state index in [-0.39, 0.29) is 17.8 Å². The van der Waals surface area contributed by atoms with Gasteiger partial charge in [0.2, 0.25) is 5.91 Å². The Labute approximate surface area is 121 Å². The molecule has 0 spiro atoms. The van der Waals surface area contributed by atoms with Crippen LogP contribution in [0.5, 0.6) is 0 Å². The molecule has 2 heterocycles. The summed E-state index contributed by atoms with van der Waals surface area (Å²) < 4.78 is 5.13. The van der Waals surface area contributed by atoms with Crippen LogP contribution in [-0.2, 0) is 9.53 Å². The molecule has 108 valence electrons. The van der Waals surface area contributed by atoms with Gasteiger partial charge < -0.3 is 15.4 Å². The van der Waals surface area contributed by atoms with E-state index in [2.05, 4.69) is 10.6 Å². The molecule has 1 saturated heterocycles. The van der Waals surface area contributed by atoms with Crippen molar-refractivity contribution in [2.45, 2.75) is 25.7 Å². The molecule has 3 rings (SSSR count). The van der Waals surface area contributed by atoms with Crippen molar-refractivity contribution in [1.82, 2.24) is 5.32 Å². The fourth-order valence-corrected chi connectivity index (χ4v) is 3.29. The Balaban J connectivity index is 1.81. The fourth-order valence-electron chi connectivity index (χ4n) is 2.26. The number of hydrogen-bond donors (Lipinski definition) is 2. The SMILES string of the molecule is CCOC(=O)c1c(C2CC2)csc1NC(=O)C1CNC1. The van der Waals surface area contributed by atoms with Gasteiger partial charge in [-0.05, 0) is 36.6 Å². The quantitative estimate of drug-likeness (QED) is 0.815. The molecule has 0 aromatic carbocycles. The Kier molecular flexibility index (Phi) is 3.76. The van der Waals surface area contributed by atoms with Crippen LogP contribution < -0.4 is 10.6 Å². The first-order chi connectivity index (χ1) is 9.70. The average molecular weight is 294 g/mol. The fraction of sp³-hybridized carbons (Fsp3) is 0.571. The van der Waals surface area contributed by atoms with Crippen molar-refractivity contribution < 1.29 is 14.3 Å². The second-order valence-corrected chi connectivity index (χ2v) is 6.11. The van der Waals surface area contributed by atoms with Crippen molar-refractivity contribution in [3.05, 3.63) is 16.5 Å². The minimum atomic E-state index is -0.322. The highest BCUT2D eigenvalue weighted by Gasteiger charge is 2.33. The number of esters is 1. The van der Waals surface area contributed by atoms with Gasteiger partial charge in [-0.2, -0.15) is 0 Å². The Hall–Kier alpha value is -1.40. The molecule has 1 aliphatic carbocycles. The normalized spacial score (nSPS) is 18.4. The van der Waals surface area contributed by atoms with E-state index >= 15 is 0 Å². The summed E-state index contributed by atoms with van der Waals surface area (Å²) in [6.07, 6.45) is 2.23. The van der Waals surface area contributed by atoms with Crippen LogP contribution in [-0.4, -0.2) is 31.6 Å². The summed E-state index contributed by atoms with van der Waals surface area (Å²) in [6.45, 7) is 3.56. The monoisotopic (exact) mass is 294 g/mol. The van der Waals surface area contributed by atoms with Gasteiger partial charge in [0.05, 0.1) is 18.1 Å². The van der Waals surface area contributed by atoms with E-state index in [9.17, 15) is 9.59 Å². The number of rotatable bonds is 5. The van der Waals surface area contributed by atoms with Crippen molar-refractivity contribution >= 4 is 28.2 Å². The second-order valence-electron chi connectivity index (χ2n) is 5.23. The Morgan fingerprint density at radius 3 is 2.75 bits per heavy atom. The Bertz CT molecular complexity index is 533. The van der Waals surface area contributed by atoms with Gasteiger partial charge in [-0.25, -0.2) is 4.79 Å². The van der Waals surface area contributed by atoms with Gasteiger partial charge in [-0.3, -0.25) is 4.79 Å². The average Bonchev–Trinajstić information content (AvgIpc) is 3.09. The number of carbonyl (C=O) groups is 2. The summed E-state index contributed by atoms with van der Waals surface area (Å²) in [4.78, 5) is 24.2. The third-order valence-corrected chi connectivity index (χ3v) is 4.62. The smallest absolute Gasteiger partial charge is 0.341 e. The highest BCUT2D eigenvalue weighted by atomic mass is 32.1. The minimum Gasteiger partial charge on any atom is -0.462 e. The Morgan fingerprint density at radius 1 is 1.45 bits per heavy atom. The number of ether oxygens (including phenoxy) is 1. The molecule has 1 aromatic rings. The number of anilines is 1. The van der Waals surface area contributed by atoms with Crippen LogP contribution in [0.15, 0.2) is 5.38 Å². The first-order valence-corrected chi connectivity index (χ1v) is 7.88. The molecule has 2 N–H and O–H groups in total. The predicted molar refractivity (Wildman–Crippen MR) is 77.2 cm³/mol. The maximum Gasteiger partial charge on any atom is 0.341 e. The van der Waals surface area contributed by atoms with Crippen LogP contribution >= 0.6 is 11.3 Å². The number of thiophene rings is 1. The van der Waals surface area contributed by atoms with E-state index in [1.807, 2.05) is 5.38 Å². The molecule has 5 nitrogen and oxygen atoms in total. The molecule has 0 bridgehead atoms. The molecule has 0 atom stereocenters. The van der Waals surface area contributed by atoms with Crippen molar-refractivity contribution in [1.29, 1.82) is 0 Å². The number of amides is 1. The lowest BCUT2D eigenvalue weighted by Crippen LogP contribution is -2.48. The number of hydrogen-bond acceptors (Lipinski definition) is 5. The molecule has 2 aliphatic rings. The lowest BCUT2D eigenvalue weighted by molar-refractivity contribution is -0.121. The highest BCUT2D eigenvalue weighted by molar-refractivity contribution is 7.15. The predicted octanol–water partition coefficient (Wildman–Crippen LogP) is 1.96. The van der Waals surface area contributed by atoms with Crippen LogP contribution in [0.1, 0.15) is 41.6 Å². The largest absolute Gasteiger partial charge is 0.462 e. The zero-order valence-electron chi connectivity index (χ0n) is 11.4. The van der Waals surface area contributed by atoms with Crippen LogP contribution in [0.4, 0.5) is 5.00 Å². The highest BCUT2D eigenvalue weighted by Crippen LogP contribution is 2.46. The first kappa shape index (κ1) is 13.6. The molecular weight excluding hydrogens is 276 g/mol. The van der Waals surface area contributed by atoms with Gasteiger partial charge in [-0.15, -0.1) is 11.3 Å². The van der Waals surface area contributed by atoms with E-state index in [1.165, 1.54) is 11.3 Å². The molecule has 1 aromatic heterocycles. The summed E-state index contributed by atoms with van der Waals surface area (Å²) in [5, 5.41) is 8.59. The van der Waals surface area contributed by atoms with Crippen LogP contribution in [0.3, 0.4) is 0 Å². The van der Waals surface area contributed by atoms with E-state index in [1.54, 1.807) is 6.92 Å². The molecular formula is C14H18N2O3S. The second kappa shape index (κ2) is 5.54. The van der Waals surface area contributed by atoms with Gasteiger partial charge in [0.15, 0.2) is 0 Å². The molecule has 1 saturated carbocycles. The van der Waals surface area contributed by atoms with Gasteiger partial charge in [0.1, 0.15) is 5.00 Å². The zero-order valence-corrected chi connectivity index (χ0v) is 12.2. The van der Waals surface area contributed by atoms with Crippen molar-refractivity contribution in [3.63, 3.8) is 0 Å². The topological polar surface area (TPSA) is 67.4 Å². The third-order valence-electron chi connectivity index (χ3n) is 3.71. The van der Waals surface area contributed by atoms with Crippen molar-refractivity contribution in [2.24, 2.45) is 5.92 Å². The summed E-state index contributed by atoms with van der Waals surface area (Å²) in [7, 11) is 0. The zero-order chi connectivity index (χ0) is 14.1. The van der Waals surface area contributed by atoms with Gasteiger partial charge >= 0.3 is 5.97 Å². The van der Waals surface area contributed by atoms with E-state index in [0.717, 1.165) is 18.4 Å². The summed E-state index contributed by atoms with van der Waals surface area (Å²) >= 11 is 1.43. The van der Waals surface area contributed by atoms with Crippen LogP contribution in [0.25, 0.3) is 0 Å². The molecule has 20 heavy (non-hydrogen) atoms. The standard InChI is InChI=1S/C14H18N2O3S/c1-2-19-14(18)11-10(8-3-4-8)7-20-13(11)16-12(17)9-5-15-6-9/h7-9,15H,2-6H2,1H3,(H,16,17). The van der Waals surface area contributed by atoms with Crippen molar-refractivity contribution in [3.8, 4) is 0 Å². The Morgan fingerprint density at radius 2 is 2.20 bits per heavy atom. The van der Waals surface area contributed by atoms with E-state index in [4.69, 9.17) is 4.74 Å². The lowest BCUT2D eigenvalue weighted by atomic mass is 10.0. The summed E-state index contributed by atoms with van der Waals surface area (Å²) in [5.41, 5.74) is 1.61. The number of nitrogens with one attached hydrogen (secondary N) is 2. The molecule has 1 amide bonds. The molecule has 2 fully saturated rings. The molecule has 1 aliphatic heterocycles. The molecule has 0 radical (unpaired) electrons. The van der Waals surface area contributed by atoms with E-state index < -0.39 is 0 Å². The van der Waals surface area contributed by atoms with Crippen LogP contribution in [0, 0.1) is 5.92 Å². The van der Waals surface area contributed by atoms with Crippen molar-refractivity contribution in [2.75, 3.05) is 25.0 Å². The summed E-state index contributed by atoms with van der Waals surface area (Å²) in [5.74, 6) is 0.134. The van der Waals surface area contributed by atoms with E-state index in [0.29, 0.717) is 36.2 Å². The molecule has 6 heteroatoms. The number of carbonyl (C=O) groups excluding carboxylic acids is 2. The minimum absolute atomic E-state index is 0.0107. The third kappa shape index (κ3) is 2.58. The first-order valence-electron chi connectivity index (χ1n) is 7.00. The lowest BCUT2D eigenvalue weighted by Gasteiger charge is -2.25. The van der Waals surface area contributed by atoms with Gasteiger partial charge in [0, 0.05) is 13.1 Å². The van der Waals surface area contributed by atoms with Gasteiger partial charge in [-0.1, -0.05) is 0 Å². The molecule has 0 unspecified atom stereocenters. The maximum atomic E-state index is 12.1. The van der Waals surface area contributed by atoms with Gasteiger partial charge in [0.25, 0.3) is 0 Å². The summed E-state index contributed by atoms with van der Waals surface area (Å²) in [6, 6.07) is 0. The van der Waals surface area contributed by atoms with Crippen LogP contribution in [0.2, 0.25) is 0 Å².